The van der Waals surface area contributed by atoms with Gasteiger partial charge in [-0.05, 0) is 59.6 Å². The Morgan fingerprint density at radius 3 is 2.70 bits per heavy atom. The molecule has 0 saturated carbocycles. The highest BCUT2D eigenvalue weighted by molar-refractivity contribution is 9.10. The maximum Gasteiger partial charge on any atom is 0.282 e. The van der Waals surface area contributed by atoms with E-state index >= 15 is 0 Å². The first kappa shape index (κ1) is 25.0. The molecule has 0 spiro atoms. The third-order valence-electron chi connectivity index (χ3n) is 5.98. The van der Waals surface area contributed by atoms with Gasteiger partial charge in [-0.15, -0.1) is 0 Å². The fraction of sp³-hybridized carbons (Fsp3) is 0.179. The van der Waals surface area contributed by atoms with E-state index in [9.17, 15) is 4.79 Å². The van der Waals surface area contributed by atoms with Crippen molar-refractivity contribution < 1.29 is 13.9 Å². The number of methoxy groups -OCH3 is 1. The molecule has 2 heterocycles. The highest BCUT2D eigenvalue weighted by Crippen LogP contribution is 2.42. The van der Waals surface area contributed by atoms with Crippen LogP contribution in [-0.4, -0.2) is 29.1 Å². The van der Waals surface area contributed by atoms with E-state index in [4.69, 9.17) is 30.5 Å². The number of hydrogen-bond donors (Lipinski definition) is 0. The van der Waals surface area contributed by atoms with Gasteiger partial charge in [0.05, 0.1) is 30.3 Å². The second-order valence-corrected chi connectivity index (χ2v) is 9.60. The van der Waals surface area contributed by atoms with Gasteiger partial charge in [0.2, 0.25) is 5.82 Å². The molecule has 1 atom stereocenters. The molecule has 0 radical (unpaired) electrons. The molecule has 9 heteroatoms. The molecule has 5 rings (SSSR count). The van der Waals surface area contributed by atoms with Crippen molar-refractivity contribution in [3.05, 3.63) is 86.1 Å². The first-order chi connectivity index (χ1) is 17.9. The molecule has 0 N–H and O–H groups in total. The van der Waals surface area contributed by atoms with Crippen LogP contribution in [0, 0.1) is 0 Å². The molecule has 0 unspecified atom stereocenters. The van der Waals surface area contributed by atoms with Crippen molar-refractivity contribution in [2.45, 2.75) is 26.4 Å². The lowest BCUT2D eigenvalue weighted by Gasteiger charge is -2.18. The van der Waals surface area contributed by atoms with Crippen LogP contribution >= 0.6 is 27.5 Å². The molecule has 0 amide bonds. The molecule has 7 nitrogen and oxygen atoms in total. The minimum atomic E-state index is -0.330. The number of benzene rings is 3. The summed E-state index contributed by atoms with van der Waals surface area (Å²) in [4.78, 5) is 18.2. The third kappa shape index (κ3) is 4.74. The van der Waals surface area contributed by atoms with Gasteiger partial charge >= 0.3 is 0 Å². The van der Waals surface area contributed by atoms with Crippen LogP contribution in [0.5, 0.6) is 11.5 Å². The van der Waals surface area contributed by atoms with E-state index in [-0.39, 0.29) is 17.5 Å². The van der Waals surface area contributed by atoms with E-state index in [1.54, 1.807) is 31.4 Å². The van der Waals surface area contributed by atoms with Crippen LogP contribution in [0.4, 0.5) is 0 Å². The summed E-state index contributed by atoms with van der Waals surface area (Å²) < 4.78 is 19.3. The number of furan rings is 1. The van der Waals surface area contributed by atoms with E-state index in [0.717, 1.165) is 11.8 Å². The zero-order valence-corrected chi connectivity index (χ0v) is 22.7. The highest BCUT2D eigenvalue weighted by Gasteiger charge is 2.20. The lowest BCUT2D eigenvalue weighted by atomic mass is 10.2. The van der Waals surface area contributed by atoms with Crippen LogP contribution in [0.1, 0.15) is 25.8 Å². The largest absolute Gasteiger partial charge is 0.493 e. The first-order valence-corrected chi connectivity index (χ1v) is 12.9. The zero-order chi connectivity index (χ0) is 26.1. The van der Waals surface area contributed by atoms with E-state index in [1.165, 1.54) is 10.9 Å². The average Bonchev–Trinajstić information content (AvgIpc) is 3.35. The first-order valence-electron chi connectivity index (χ1n) is 11.7. The summed E-state index contributed by atoms with van der Waals surface area (Å²) in [7, 11) is 1.54. The van der Waals surface area contributed by atoms with Crippen LogP contribution in [0.15, 0.2) is 79.4 Å². The SMILES string of the molecule is CC[C@@H](C)Oc1c(OC)cc(C=Nn2c(-c3cc4ccccc4o3)nc3ccccc3c2=O)c(Br)c1Cl. The van der Waals surface area contributed by atoms with Gasteiger partial charge in [0.1, 0.15) is 10.6 Å². The second kappa shape index (κ2) is 10.4. The smallest absolute Gasteiger partial charge is 0.282 e. The minimum Gasteiger partial charge on any atom is -0.493 e. The Labute approximate surface area is 226 Å². The van der Waals surface area contributed by atoms with Gasteiger partial charge in [0.15, 0.2) is 17.3 Å². The Bertz CT molecular complexity index is 1680. The normalized spacial score (nSPS) is 12.5. The van der Waals surface area contributed by atoms with Gasteiger partial charge in [-0.1, -0.05) is 48.9 Å². The Balaban J connectivity index is 1.67. The zero-order valence-electron chi connectivity index (χ0n) is 20.4. The van der Waals surface area contributed by atoms with Gasteiger partial charge in [-0.2, -0.15) is 9.78 Å². The summed E-state index contributed by atoms with van der Waals surface area (Å²) in [5.74, 6) is 1.60. The molecule has 0 bridgehead atoms. The quantitative estimate of drug-likeness (QED) is 0.189. The average molecular weight is 581 g/mol. The van der Waals surface area contributed by atoms with Gasteiger partial charge in [-0.3, -0.25) is 4.79 Å². The number of ether oxygens (including phenoxy) is 2. The highest BCUT2D eigenvalue weighted by atomic mass is 79.9. The van der Waals surface area contributed by atoms with Gasteiger partial charge in [0, 0.05) is 15.4 Å². The maximum absolute atomic E-state index is 13.5. The molecule has 188 valence electrons. The van der Waals surface area contributed by atoms with Gasteiger partial charge in [0.25, 0.3) is 5.56 Å². The molecule has 0 aliphatic carbocycles. The van der Waals surface area contributed by atoms with Crippen LogP contribution < -0.4 is 15.0 Å². The van der Waals surface area contributed by atoms with Gasteiger partial charge in [-0.25, -0.2) is 4.98 Å². The van der Waals surface area contributed by atoms with Gasteiger partial charge < -0.3 is 13.9 Å². The van der Waals surface area contributed by atoms with Crippen LogP contribution in [0.25, 0.3) is 33.5 Å². The van der Waals surface area contributed by atoms with Crippen molar-refractivity contribution in [3.63, 3.8) is 0 Å². The monoisotopic (exact) mass is 579 g/mol. The van der Waals surface area contributed by atoms with Crippen LogP contribution in [-0.2, 0) is 0 Å². The van der Waals surface area contributed by atoms with Crippen molar-refractivity contribution in [3.8, 4) is 23.1 Å². The topological polar surface area (TPSA) is 78.8 Å². The number of aromatic nitrogens is 2. The molecule has 0 fully saturated rings. The summed E-state index contributed by atoms with van der Waals surface area (Å²) >= 11 is 10.2. The molecular formula is C28H23BrClN3O4. The Hall–Kier alpha value is -3.62. The Morgan fingerprint density at radius 1 is 1.19 bits per heavy atom. The maximum atomic E-state index is 13.5. The molecular weight excluding hydrogens is 558 g/mol. The summed E-state index contributed by atoms with van der Waals surface area (Å²) in [5.41, 5.74) is 1.50. The van der Waals surface area contributed by atoms with Crippen molar-refractivity contribution in [1.29, 1.82) is 0 Å². The lowest BCUT2D eigenvalue weighted by Crippen LogP contribution is -2.20. The number of rotatable bonds is 7. The lowest BCUT2D eigenvalue weighted by molar-refractivity contribution is 0.207. The number of hydrogen-bond acceptors (Lipinski definition) is 6. The number of nitrogens with zero attached hydrogens (tertiary/aromatic N) is 3. The van der Waals surface area contributed by atoms with Crippen LogP contribution in [0.3, 0.4) is 0 Å². The summed E-state index contributed by atoms with van der Waals surface area (Å²) in [5, 5.41) is 6.21. The molecule has 5 aromatic rings. The van der Waals surface area contributed by atoms with E-state index in [0.29, 0.717) is 48.8 Å². The van der Waals surface area contributed by atoms with E-state index in [1.807, 2.05) is 50.2 Å². The number of fused-ring (bicyclic) bond motifs is 2. The molecule has 2 aromatic heterocycles. The van der Waals surface area contributed by atoms with Crippen molar-refractivity contribution in [1.82, 2.24) is 9.66 Å². The van der Waals surface area contributed by atoms with E-state index in [2.05, 4.69) is 21.0 Å². The second-order valence-electron chi connectivity index (χ2n) is 8.42. The Kier molecular flexibility index (Phi) is 7.04. The van der Waals surface area contributed by atoms with Crippen LogP contribution in [0.2, 0.25) is 5.02 Å². The number of para-hydroxylation sites is 2. The molecule has 37 heavy (non-hydrogen) atoms. The third-order valence-corrected chi connectivity index (χ3v) is 7.42. The van der Waals surface area contributed by atoms with E-state index < -0.39 is 0 Å². The summed E-state index contributed by atoms with van der Waals surface area (Å²) in [6.07, 6.45) is 2.28. The fourth-order valence-corrected chi connectivity index (χ4v) is 4.49. The Morgan fingerprint density at radius 2 is 1.95 bits per heavy atom. The molecule has 3 aromatic carbocycles. The molecule has 0 aliphatic rings. The predicted molar refractivity (Wildman–Crippen MR) is 150 cm³/mol. The minimum absolute atomic E-state index is 0.0496. The standard InChI is InChI=1S/C28H23BrClN3O4/c1-4-16(2)36-26-22(35-3)14-18(24(29)25(26)30)15-31-33-27(23-13-17-9-5-8-12-21(17)37-23)32-20-11-7-6-10-19(20)28(33)34/h5-16H,4H2,1-3H3/t16-/m1/s1. The summed E-state index contributed by atoms with van der Waals surface area (Å²) in [6.45, 7) is 3.98. The van der Waals surface area contributed by atoms with Crippen molar-refractivity contribution in [2.24, 2.45) is 5.10 Å². The predicted octanol–water partition coefficient (Wildman–Crippen LogP) is 7.29. The number of halogens is 2. The van der Waals surface area contributed by atoms with Crippen molar-refractivity contribution >= 4 is 55.6 Å². The molecule has 0 aliphatic heterocycles. The van der Waals surface area contributed by atoms with Crippen molar-refractivity contribution in [2.75, 3.05) is 7.11 Å². The fourth-order valence-electron chi connectivity index (χ4n) is 3.85. The summed E-state index contributed by atoms with van der Waals surface area (Å²) in [6, 6.07) is 18.3. The molecule has 0 saturated heterocycles.